The van der Waals surface area contributed by atoms with Crippen molar-refractivity contribution in [2.45, 2.75) is 64.1 Å². The summed E-state index contributed by atoms with van der Waals surface area (Å²) in [6.45, 7) is 4.57. The van der Waals surface area contributed by atoms with Gasteiger partial charge < -0.3 is 15.7 Å². The molecule has 1 amide bonds. The topological polar surface area (TPSA) is 61.4 Å². The van der Waals surface area contributed by atoms with Gasteiger partial charge in [-0.1, -0.05) is 55.8 Å². The summed E-state index contributed by atoms with van der Waals surface area (Å²) in [5.41, 5.74) is 2.84. The van der Waals surface area contributed by atoms with Crippen LogP contribution >= 0.6 is 0 Å². The summed E-state index contributed by atoms with van der Waals surface area (Å²) in [4.78, 5) is 10.7. The lowest BCUT2D eigenvalue weighted by Gasteiger charge is -2.29. The van der Waals surface area contributed by atoms with E-state index in [2.05, 4.69) is 60.9 Å². The van der Waals surface area contributed by atoms with Crippen molar-refractivity contribution >= 4 is 12.2 Å². The number of rotatable bonds is 6. The van der Waals surface area contributed by atoms with Gasteiger partial charge in [-0.3, -0.25) is 0 Å². The van der Waals surface area contributed by atoms with Crippen molar-refractivity contribution in [3.63, 3.8) is 0 Å². The fourth-order valence-electron chi connectivity index (χ4n) is 4.07. The zero-order chi connectivity index (χ0) is 17.8. The Morgan fingerprint density at radius 2 is 1.76 bits per heavy atom. The summed E-state index contributed by atoms with van der Waals surface area (Å²) in [6.07, 6.45) is 6.71. The van der Waals surface area contributed by atoms with Crippen LogP contribution in [0.25, 0.3) is 6.08 Å². The molecular weight excluding hydrogens is 312 g/mol. The summed E-state index contributed by atoms with van der Waals surface area (Å²) in [5.74, 6) is 1.21. The van der Waals surface area contributed by atoms with Crippen LogP contribution in [0.1, 0.15) is 51.5 Å². The third-order valence-electron chi connectivity index (χ3n) is 5.52. The maximum Gasteiger partial charge on any atom is 0.404 e. The van der Waals surface area contributed by atoms with Crippen LogP contribution in [0.3, 0.4) is 0 Å². The minimum Gasteiger partial charge on any atom is -0.465 e. The summed E-state index contributed by atoms with van der Waals surface area (Å²) in [6, 6.07) is 11.8. The van der Waals surface area contributed by atoms with Crippen molar-refractivity contribution in [1.82, 2.24) is 10.6 Å². The molecule has 3 N–H and O–H groups in total. The van der Waals surface area contributed by atoms with E-state index in [1.165, 1.54) is 12.0 Å². The minimum absolute atomic E-state index is 0.134. The van der Waals surface area contributed by atoms with Crippen LogP contribution in [-0.4, -0.2) is 29.3 Å². The van der Waals surface area contributed by atoms with E-state index in [-0.39, 0.29) is 6.04 Å². The lowest BCUT2D eigenvalue weighted by atomic mass is 9.91. The number of carboxylic acid groups (broad SMARTS) is 1. The third-order valence-corrected chi connectivity index (χ3v) is 5.52. The molecule has 0 unspecified atom stereocenters. The van der Waals surface area contributed by atoms with Crippen molar-refractivity contribution in [2.24, 2.45) is 11.8 Å². The zero-order valence-electron chi connectivity index (χ0n) is 15.2. The van der Waals surface area contributed by atoms with Gasteiger partial charge in [-0.15, -0.1) is 0 Å². The molecule has 0 bridgehead atoms. The van der Waals surface area contributed by atoms with Crippen LogP contribution < -0.4 is 10.6 Å². The van der Waals surface area contributed by atoms with Crippen molar-refractivity contribution in [1.29, 1.82) is 0 Å². The standard InChI is InChI=1S/C21H30N2O2/c1-14(2)18(12-15-6-4-3-5-7-15)19-13-20(19)22-16-8-10-17(11-9-16)23-21(24)25/h3-7,12,14,16-17,19-20,22-23H,8-11,13H2,1-2H3,(H,24,25)/t16?,17?,19-,20+/m0/s1. The Hall–Kier alpha value is -1.81. The first-order valence-corrected chi connectivity index (χ1v) is 9.55. The van der Waals surface area contributed by atoms with E-state index in [1.807, 2.05) is 0 Å². The van der Waals surface area contributed by atoms with Gasteiger partial charge in [0.05, 0.1) is 0 Å². The summed E-state index contributed by atoms with van der Waals surface area (Å²) < 4.78 is 0. The average molecular weight is 342 g/mol. The van der Waals surface area contributed by atoms with E-state index >= 15 is 0 Å². The highest BCUT2D eigenvalue weighted by Gasteiger charge is 2.41. The monoisotopic (exact) mass is 342 g/mol. The lowest BCUT2D eigenvalue weighted by molar-refractivity contribution is 0.183. The molecule has 1 aromatic carbocycles. The maximum absolute atomic E-state index is 10.7. The molecule has 3 rings (SSSR count). The molecule has 136 valence electrons. The Morgan fingerprint density at radius 3 is 2.36 bits per heavy atom. The lowest BCUT2D eigenvalue weighted by Crippen LogP contribution is -2.42. The average Bonchev–Trinajstić information content (AvgIpc) is 3.33. The molecule has 2 atom stereocenters. The van der Waals surface area contributed by atoms with E-state index in [9.17, 15) is 4.79 Å². The number of hydrogen-bond donors (Lipinski definition) is 3. The van der Waals surface area contributed by atoms with E-state index in [1.54, 1.807) is 5.57 Å². The predicted molar refractivity (Wildman–Crippen MR) is 101 cm³/mol. The van der Waals surface area contributed by atoms with Gasteiger partial charge in [0.15, 0.2) is 0 Å². The molecule has 0 radical (unpaired) electrons. The SMILES string of the molecule is CC(C)C(=Cc1ccccc1)[C@@H]1C[C@H]1NC1CCC(NC(=O)O)CC1. The molecule has 2 fully saturated rings. The normalized spacial score (nSPS) is 29.5. The van der Waals surface area contributed by atoms with Crippen LogP contribution in [0.15, 0.2) is 35.9 Å². The zero-order valence-corrected chi connectivity index (χ0v) is 15.2. The summed E-state index contributed by atoms with van der Waals surface area (Å²) >= 11 is 0. The first-order chi connectivity index (χ1) is 12.0. The predicted octanol–water partition coefficient (Wildman–Crippen LogP) is 4.28. The number of nitrogens with one attached hydrogen (secondary N) is 2. The highest BCUT2D eigenvalue weighted by atomic mass is 16.4. The first kappa shape index (κ1) is 18.0. The van der Waals surface area contributed by atoms with Crippen LogP contribution in [0.2, 0.25) is 0 Å². The fraction of sp³-hybridized carbons (Fsp3) is 0.571. The van der Waals surface area contributed by atoms with Gasteiger partial charge in [0.25, 0.3) is 0 Å². The second kappa shape index (κ2) is 8.05. The van der Waals surface area contributed by atoms with Gasteiger partial charge in [-0.25, -0.2) is 4.79 Å². The second-order valence-electron chi connectivity index (χ2n) is 7.82. The molecule has 0 aromatic heterocycles. The van der Waals surface area contributed by atoms with Gasteiger partial charge in [0.2, 0.25) is 0 Å². The van der Waals surface area contributed by atoms with Gasteiger partial charge in [-0.2, -0.15) is 0 Å². The Morgan fingerprint density at radius 1 is 1.12 bits per heavy atom. The quantitative estimate of drug-likeness (QED) is 0.723. The van der Waals surface area contributed by atoms with Crippen molar-refractivity contribution in [3.05, 3.63) is 41.5 Å². The Bertz CT molecular complexity index is 604. The third kappa shape index (κ3) is 5.08. The molecule has 0 saturated heterocycles. The minimum atomic E-state index is -0.897. The number of hydrogen-bond acceptors (Lipinski definition) is 2. The molecule has 1 aromatic rings. The van der Waals surface area contributed by atoms with E-state index in [0.717, 1.165) is 25.7 Å². The van der Waals surface area contributed by atoms with E-state index < -0.39 is 6.09 Å². The largest absolute Gasteiger partial charge is 0.465 e. The van der Waals surface area contributed by atoms with Gasteiger partial charge in [0.1, 0.15) is 0 Å². The molecule has 0 aliphatic heterocycles. The molecule has 0 heterocycles. The van der Waals surface area contributed by atoms with E-state index in [4.69, 9.17) is 5.11 Å². The summed E-state index contributed by atoms with van der Waals surface area (Å²) in [5, 5.41) is 15.3. The first-order valence-electron chi connectivity index (χ1n) is 9.55. The van der Waals surface area contributed by atoms with Crippen LogP contribution in [0, 0.1) is 11.8 Å². The van der Waals surface area contributed by atoms with Crippen LogP contribution in [-0.2, 0) is 0 Å². The fourth-order valence-corrected chi connectivity index (χ4v) is 4.07. The molecule has 2 saturated carbocycles. The maximum atomic E-state index is 10.7. The number of benzene rings is 1. The smallest absolute Gasteiger partial charge is 0.404 e. The van der Waals surface area contributed by atoms with Crippen LogP contribution in [0.5, 0.6) is 0 Å². The molecule has 25 heavy (non-hydrogen) atoms. The molecule has 2 aliphatic rings. The number of carbonyl (C=O) groups is 1. The Kier molecular flexibility index (Phi) is 5.79. The molecule has 0 spiro atoms. The van der Waals surface area contributed by atoms with Gasteiger partial charge >= 0.3 is 6.09 Å². The second-order valence-corrected chi connectivity index (χ2v) is 7.82. The molecule has 2 aliphatic carbocycles. The Labute approximate surface area is 150 Å². The molecule has 4 heteroatoms. The van der Waals surface area contributed by atoms with Crippen molar-refractivity contribution in [3.8, 4) is 0 Å². The molecular formula is C21H30N2O2. The Balaban J connectivity index is 1.52. The molecule has 4 nitrogen and oxygen atoms in total. The van der Waals surface area contributed by atoms with Crippen molar-refractivity contribution in [2.75, 3.05) is 0 Å². The highest BCUT2D eigenvalue weighted by Crippen LogP contribution is 2.42. The van der Waals surface area contributed by atoms with Gasteiger partial charge in [0, 0.05) is 18.1 Å². The van der Waals surface area contributed by atoms with Gasteiger partial charge in [-0.05, 0) is 49.5 Å². The van der Waals surface area contributed by atoms with Crippen molar-refractivity contribution < 1.29 is 9.90 Å². The highest BCUT2D eigenvalue weighted by molar-refractivity contribution is 5.64. The summed E-state index contributed by atoms with van der Waals surface area (Å²) in [7, 11) is 0. The van der Waals surface area contributed by atoms with Crippen LogP contribution in [0.4, 0.5) is 4.79 Å². The number of amides is 1. The van der Waals surface area contributed by atoms with E-state index in [0.29, 0.717) is 23.9 Å².